The molecule has 0 spiro atoms. The second-order valence-electron chi connectivity index (χ2n) is 5.37. The van der Waals surface area contributed by atoms with Crippen molar-refractivity contribution in [1.29, 1.82) is 0 Å². The Kier molecular flexibility index (Phi) is 5.69. The summed E-state index contributed by atoms with van der Waals surface area (Å²) in [5, 5.41) is 3.68. The van der Waals surface area contributed by atoms with Crippen LogP contribution in [0.5, 0.6) is 5.88 Å². The van der Waals surface area contributed by atoms with Crippen LogP contribution in [-0.2, 0) is 12.8 Å². The molecule has 1 aromatic heterocycles. The van der Waals surface area contributed by atoms with E-state index in [4.69, 9.17) is 27.9 Å². The number of nitrogens with zero attached hydrogens (tertiary/aromatic N) is 2. The van der Waals surface area contributed by atoms with Crippen molar-refractivity contribution in [3.8, 4) is 11.6 Å². The summed E-state index contributed by atoms with van der Waals surface area (Å²) in [6, 6.07) is 9.42. The first-order chi connectivity index (χ1) is 12.7. The van der Waals surface area contributed by atoms with Gasteiger partial charge in [0, 0.05) is 16.1 Å². The summed E-state index contributed by atoms with van der Waals surface area (Å²) in [6.45, 7) is -0.315. The number of alkyl halides is 3. The molecule has 1 heterocycles. The zero-order valence-corrected chi connectivity index (χ0v) is 16.3. The van der Waals surface area contributed by atoms with Crippen LogP contribution in [-0.4, -0.2) is 9.78 Å². The Bertz CT molecular complexity index is 971. The lowest BCUT2D eigenvalue weighted by Gasteiger charge is -2.12. The van der Waals surface area contributed by atoms with Crippen molar-refractivity contribution in [3.05, 3.63) is 74.1 Å². The van der Waals surface area contributed by atoms with Gasteiger partial charge in [0.15, 0.2) is 5.69 Å². The molecule has 3 rings (SSSR count). The van der Waals surface area contributed by atoms with Crippen LogP contribution in [0.3, 0.4) is 0 Å². The molecule has 0 unspecified atom stereocenters. The molecule has 0 aliphatic carbocycles. The van der Waals surface area contributed by atoms with Gasteiger partial charge in [0.25, 0.3) is 0 Å². The SMILES string of the molecule is Fc1cc(Br)ccc1COc1cc(C(F)(F)F)nn1-c1c(Cl)cccc1Cl. The van der Waals surface area contributed by atoms with Crippen LogP contribution in [0.4, 0.5) is 17.6 Å². The van der Waals surface area contributed by atoms with Gasteiger partial charge in [0.1, 0.15) is 18.1 Å². The Hall–Kier alpha value is -1.77. The Morgan fingerprint density at radius 2 is 1.74 bits per heavy atom. The van der Waals surface area contributed by atoms with Crippen molar-refractivity contribution in [2.45, 2.75) is 12.8 Å². The number of aromatic nitrogens is 2. The fourth-order valence-electron chi connectivity index (χ4n) is 2.25. The number of para-hydroxylation sites is 1. The van der Waals surface area contributed by atoms with E-state index >= 15 is 0 Å². The third kappa shape index (κ3) is 4.39. The van der Waals surface area contributed by atoms with Crippen molar-refractivity contribution >= 4 is 39.1 Å². The van der Waals surface area contributed by atoms with Crippen molar-refractivity contribution in [2.75, 3.05) is 0 Å². The van der Waals surface area contributed by atoms with Crippen LogP contribution in [0, 0.1) is 5.82 Å². The van der Waals surface area contributed by atoms with E-state index in [1.807, 2.05) is 0 Å². The molecule has 10 heteroatoms. The van der Waals surface area contributed by atoms with Crippen LogP contribution in [0.2, 0.25) is 10.0 Å². The van der Waals surface area contributed by atoms with Crippen LogP contribution >= 0.6 is 39.1 Å². The maximum Gasteiger partial charge on any atom is 0.435 e. The molecule has 0 aliphatic heterocycles. The molecule has 27 heavy (non-hydrogen) atoms. The molecule has 3 nitrogen and oxygen atoms in total. The number of halogens is 7. The smallest absolute Gasteiger partial charge is 0.435 e. The fourth-order valence-corrected chi connectivity index (χ4v) is 3.14. The minimum absolute atomic E-state index is 0.0302. The highest BCUT2D eigenvalue weighted by atomic mass is 79.9. The molecular formula is C17H9BrCl2F4N2O. The number of hydrogen-bond donors (Lipinski definition) is 0. The van der Waals surface area contributed by atoms with Crippen LogP contribution < -0.4 is 4.74 Å². The van der Waals surface area contributed by atoms with Crippen LogP contribution in [0.1, 0.15) is 11.3 Å². The van der Waals surface area contributed by atoms with Crippen molar-refractivity contribution < 1.29 is 22.3 Å². The third-order valence-electron chi connectivity index (χ3n) is 3.51. The largest absolute Gasteiger partial charge is 0.473 e. The Balaban J connectivity index is 2.02. The van der Waals surface area contributed by atoms with Crippen LogP contribution in [0.25, 0.3) is 5.69 Å². The minimum Gasteiger partial charge on any atom is -0.473 e. The molecule has 0 radical (unpaired) electrons. The van der Waals surface area contributed by atoms with Crippen molar-refractivity contribution in [3.63, 3.8) is 0 Å². The predicted molar refractivity (Wildman–Crippen MR) is 97.0 cm³/mol. The van der Waals surface area contributed by atoms with Gasteiger partial charge in [-0.3, -0.25) is 0 Å². The quantitative estimate of drug-likeness (QED) is 0.387. The second-order valence-corrected chi connectivity index (χ2v) is 7.10. The molecule has 0 N–H and O–H groups in total. The molecule has 142 valence electrons. The van der Waals surface area contributed by atoms with Gasteiger partial charge in [-0.1, -0.05) is 51.3 Å². The first-order valence-corrected chi connectivity index (χ1v) is 8.90. The first kappa shape index (κ1) is 20.0. The van der Waals surface area contributed by atoms with E-state index in [1.54, 1.807) is 12.1 Å². The molecule has 2 aromatic carbocycles. The molecule has 0 aliphatic rings. The average molecular weight is 484 g/mol. The van der Waals surface area contributed by atoms with Gasteiger partial charge in [0.05, 0.1) is 10.0 Å². The molecule has 0 amide bonds. The van der Waals surface area contributed by atoms with E-state index in [-0.39, 0.29) is 33.8 Å². The zero-order chi connectivity index (χ0) is 19.8. The Morgan fingerprint density at radius 3 is 2.33 bits per heavy atom. The normalized spacial score (nSPS) is 11.7. The third-order valence-corrected chi connectivity index (χ3v) is 4.61. The molecule has 0 saturated carbocycles. The molecule has 3 aromatic rings. The number of ether oxygens (including phenoxy) is 1. The van der Waals surface area contributed by atoms with E-state index in [1.165, 1.54) is 24.3 Å². The van der Waals surface area contributed by atoms with Crippen LogP contribution in [0.15, 0.2) is 46.9 Å². The van der Waals surface area contributed by atoms with Gasteiger partial charge in [-0.25, -0.2) is 4.39 Å². The Labute approximate surface area is 169 Å². The predicted octanol–water partition coefficient (Wildman–Crippen LogP) is 6.68. The molecule has 0 bridgehead atoms. The summed E-state index contributed by atoms with van der Waals surface area (Å²) in [7, 11) is 0. The highest BCUT2D eigenvalue weighted by Gasteiger charge is 2.36. The Morgan fingerprint density at radius 1 is 1.07 bits per heavy atom. The summed E-state index contributed by atoms with van der Waals surface area (Å²) in [6.07, 6.45) is -4.71. The van der Waals surface area contributed by atoms with E-state index in [9.17, 15) is 17.6 Å². The summed E-state index contributed by atoms with van der Waals surface area (Å²) in [5.41, 5.74) is -1.00. The molecular weight excluding hydrogens is 475 g/mol. The maximum absolute atomic E-state index is 13.9. The van der Waals surface area contributed by atoms with Gasteiger partial charge < -0.3 is 4.74 Å². The van der Waals surface area contributed by atoms with E-state index in [2.05, 4.69) is 21.0 Å². The van der Waals surface area contributed by atoms with Crippen molar-refractivity contribution in [2.24, 2.45) is 0 Å². The summed E-state index contributed by atoms with van der Waals surface area (Å²) in [4.78, 5) is 0. The van der Waals surface area contributed by atoms with Gasteiger partial charge in [0.2, 0.25) is 5.88 Å². The maximum atomic E-state index is 13.9. The molecule has 0 fully saturated rings. The van der Waals surface area contributed by atoms with Gasteiger partial charge in [-0.05, 0) is 24.3 Å². The van der Waals surface area contributed by atoms with Gasteiger partial charge in [-0.2, -0.15) is 23.0 Å². The lowest BCUT2D eigenvalue weighted by atomic mass is 10.2. The number of benzene rings is 2. The van der Waals surface area contributed by atoms with Gasteiger partial charge in [-0.15, -0.1) is 0 Å². The monoisotopic (exact) mass is 482 g/mol. The topological polar surface area (TPSA) is 27.1 Å². The van der Waals surface area contributed by atoms with Gasteiger partial charge >= 0.3 is 6.18 Å². The summed E-state index contributed by atoms with van der Waals surface area (Å²) >= 11 is 15.3. The highest BCUT2D eigenvalue weighted by molar-refractivity contribution is 9.10. The number of rotatable bonds is 4. The minimum atomic E-state index is -4.71. The van der Waals surface area contributed by atoms with E-state index in [0.717, 1.165) is 4.68 Å². The average Bonchev–Trinajstić information content (AvgIpc) is 2.98. The summed E-state index contributed by atoms with van der Waals surface area (Å²) in [5.74, 6) is -0.845. The zero-order valence-electron chi connectivity index (χ0n) is 13.2. The number of hydrogen-bond acceptors (Lipinski definition) is 2. The molecule has 0 atom stereocenters. The molecule has 0 saturated heterocycles. The lowest BCUT2D eigenvalue weighted by Crippen LogP contribution is -2.08. The summed E-state index contributed by atoms with van der Waals surface area (Å²) < 4.78 is 60.1. The van der Waals surface area contributed by atoms with E-state index in [0.29, 0.717) is 10.5 Å². The standard InChI is InChI=1S/C17H9BrCl2F4N2O/c18-10-5-4-9(13(21)6-10)8-27-15-7-14(17(22,23)24)25-26(15)16-11(19)2-1-3-12(16)20/h1-7H,8H2. The lowest BCUT2D eigenvalue weighted by molar-refractivity contribution is -0.141. The fraction of sp³-hybridized carbons (Fsp3) is 0.118. The second kappa shape index (κ2) is 7.69. The van der Waals surface area contributed by atoms with E-state index < -0.39 is 17.7 Å². The van der Waals surface area contributed by atoms with Crippen molar-refractivity contribution in [1.82, 2.24) is 9.78 Å². The highest BCUT2D eigenvalue weighted by Crippen LogP contribution is 2.36. The first-order valence-electron chi connectivity index (χ1n) is 7.35.